The summed E-state index contributed by atoms with van der Waals surface area (Å²) in [6, 6.07) is 9.29. The summed E-state index contributed by atoms with van der Waals surface area (Å²) in [4.78, 5) is 2.61. The van der Waals surface area contributed by atoms with E-state index in [4.69, 9.17) is 0 Å². The number of hydrogen-bond acceptors (Lipinski definition) is 2. The molecule has 1 N–H and O–H groups in total. The van der Waals surface area contributed by atoms with Gasteiger partial charge in [-0.3, -0.25) is 0 Å². The average molecular weight is 287 g/mol. The quantitative estimate of drug-likeness (QED) is 0.770. The third kappa shape index (κ3) is 2.09. The minimum atomic E-state index is 0. The average Bonchev–Trinajstić information content (AvgIpc) is 2.62. The number of benzene rings is 1. The van der Waals surface area contributed by atoms with Crippen LogP contribution in [-0.4, -0.2) is 30.6 Å². The number of nitrogens with one attached hydrogen (secondary N) is 1. The van der Waals surface area contributed by atoms with Gasteiger partial charge in [-0.15, -0.1) is 12.4 Å². The van der Waals surface area contributed by atoms with Crippen LogP contribution in [0, 0.1) is 0 Å². The Hall–Kier alpha value is -1.51. The minimum absolute atomic E-state index is 0. The van der Waals surface area contributed by atoms with Gasteiger partial charge in [0, 0.05) is 30.5 Å². The molecular weight excluding hydrogens is 268 g/mol. The third-order valence-electron chi connectivity index (χ3n) is 4.31. The van der Waals surface area contributed by atoms with Gasteiger partial charge in [-0.25, -0.2) is 0 Å². The van der Waals surface area contributed by atoms with Crippen molar-refractivity contribution in [1.29, 1.82) is 0 Å². The number of rotatable bonds is 0. The van der Waals surface area contributed by atoms with Crippen LogP contribution in [0.4, 0.5) is 0 Å². The third-order valence-corrected chi connectivity index (χ3v) is 4.31. The van der Waals surface area contributed by atoms with Crippen molar-refractivity contribution < 1.29 is 0 Å². The largest absolute Gasteiger partial charge is 0.365 e. The Kier molecular flexibility index (Phi) is 3.68. The van der Waals surface area contributed by atoms with Gasteiger partial charge in [0.1, 0.15) is 0 Å². The second-order valence-corrected chi connectivity index (χ2v) is 5.39. The summed E-state index contributed by atoms with van der Waals surface area (Å²) >= 11 is 0. The van der Waals surface area contributed by atoms with E-state index in [9.17, 15) is 0 Å². The Balaban J connectivity index is 0.00000121. The van der Waals surface area contributed by atoms with Crippen LogP contribution in [0.3, 0.4) is 0 Å². The van der Waals surface area contributed by atoms with Crippen molar-refractivity contribution in [2.75, 3.05) is 19.6 Å². The van der Waals surface area contributed by atoms with Crippen LogP contribution < -0.4 is 15.8 Å². The zero-order valence-electron chi connectivity index (χ0n) is 11.4. The van der Waals surface area contributed by atoms with Gasteiger partial charge in [-0.05, 0) is 23.3 Å². The van der Waals surface area contributed by atoms with Crippen molar-refractivity contribution in [1.82, 2.24) is 10.2 Å². The molecule has 0 amide bonds. The molecule has 1 fully saturated rings. The van der Waals surface area contributed by atoms with Crippen molar-refractivity contribution in [3.05, 3.63) is 58.5 Å². The Bertz CT molecular complexity index is 687. The van der Waals surface area contributed by atoms with Gasteiger partial charge in [0.25, 0.3) is 0 Å². The first-order valence-corrected chi connectivity index (χ1v) is 7.07. The molecule has 1 aromatic carbocycles. The van der Waals surface area contributed by atoms with Crippen LogP contribution >= 0.6 is 12.4 Å². The van der Waals surface area contributed by atoms with E-state index in [-0.39, 0.29) is 12.4 Å². The molecule has 0 aromatic heterocycles. The second kappa shape index (κ2) is 5.47. The van der Waals surface area contributed by atoms with Crippen molar-refractivity contribution >= 4 is 24.2 Å². The van der Waals surface area contributed by atoms with Gasteiger partial charge < -0.3 is 10.2 Å². The van der Waals surface area contributed by atoms with E-state index in [1.165, 1.54) is 21.7 Å². The Morgan fingerprint density at radius 2 is 2.10 bits per heavy atom. The molecule has 20 heavy (non-hydrogen) atoms. The molecule has 2 aliphatic heterocycles. The van der Waals surface area contributed by atoms with E-state index in [1.807, 2.05) is 0 Å². The highest BCUT2D eigenvalue weighted by atomic mass is 35.5. The smallest absolute Gasteiger partial charge is 0.0575 e. The molecule has 3 aliphatic rings. The molecule has 1 unspecified atom stereocenters. The summed E-state index contributed by atoms with van der Waals surface area (Å²) in [5.74, 6) is 0. The zero-order valence-corrected chi connectivity index (χ0v) is 12.2. The molecule has 3 heteroatoms. The predicted molar refractivity (Wildman–Crippen MR) is 86.0 cm³/mol. The first-order valence-electron chi connectivity index (χ1n) is 7.07. The summed E-state index contributed by atoms with van der Waals surface area (Å²) in [6.07, 6.45) is 10.3. The molecule has 1 aromatic rings. The molecule has 2 heterocycles. The Morgan fingerprint density at radius 3 is 3.05 bits per heavy atom. The highest BCUT2D eigenvalue weighted by Crippen LogP contribution is 2.26. The summed E-state index contributed by atoms with van der Waals surface area (Å²) in [5.41, 5.74) is 2.91. The van der Waals surface area contributed by atoms with Crippen LogP contribution in [0.15, 0.2) is 48.1 Å². The molecule has 2 nitrogen and oxygen atoms in total. The van der Waals surface area contributed by atoms with Crippen molar-refractivity contribution in [3.63, 3.8) is 0 Å². The van der Waals surface area contributed by atoms with Crippen molar-refractivity contribution in [2.24, 2.45) is 0 Å². The Morgan fingerprint density at radius 1 is 1.20 bits per heavy atom. The molecule has 1 aliphatic carbocycles. The molecule has 0 radical (unpaired) electrons. The van der Waals surface area contributed by atoms with Crippen molar-refractivity contribution in [3.8, 4) is 0 Å². The standard InChI is InChI=1S/C17H18N2.ClH/c1-3-7-15-13(5-1)11-14-6-2-4-8-16(14)19-10-9-18-12-17(15)19;/h1-7,11,16,18H,8-10,12H2;1H. The number of allylic oxidation sites excluding steroid dienone is 2. The van der Waals surface area contributed by atoms with Crippen LogP contribution in [-0.2, 0) is 0 Å². The fourth-order valence-corrected chi connectivity index (χ4v) is 3.39. The molecule has 1 atom stereocenters. The summed E-state index contributed by atoms with van der Waals surface area (Å²) in [5, 5.41) is 6.27. The van der Waals surface area contributed by atoms with Crippen molar-refractivity contribution in [2.45, 2.75) is 12.5 Å². The fraction of sp³-hybridized carbons (Fsp3) is 0.294. The number of nitrogens with zero attached hydrogens (tertiary/aromatic N) is 1. The maximum absolute atomic E-state index is 3.52. The summed E-state index contributed by atoms with van der Waals surface area (Å²) in [7, 11) is 0. The van der Waals surface area contributed by atoms with E-state index in [2.05, 4.69) is 58.8 Å². The maximum atomic E-state index is 3.52. The lowest BCUT2D eigenvalue weighted by Crippen LogP contribution is -2.49. The monoisotopic (exact) mass is 286 g/mol. The van der Waals surface area contributed by atoms with Gasteiger partial charge >= 0.3 is 0 Å². The molecular formula is C17H19ClN2. The van der Waals surface area contributed by atoms with Crippen LogP contribution in [0.25, 0.3) is 11.8 Å². The van der Waals surface area contributed by atoms with Gasteiger partial charge in [0.15, 0.2) is 0 Å². The lowest BCUT2D eigenvalue weighted by Gasteiger charge is -2.39. The van der Waals surface area contributed by atoms with E-state index >= 15 is 0 Å². The molecule has 0 spiro atoms. The summed E-state index contributed by atoms with van der Waals surface area (Å²) < 4.78 is 0. The summed E-state index contributed by atoms with van der Waals surface area (Å²) in [6.45, 7) is 3.17. The normalized spacial score (nSPS) is 23.4. The van der Waals surface area contributed by atoms with Crippen LogP contribution in [0.5, 0.6) is 0 Å². The second-order valence-electron chi connectivity index (χ2n) is 5.39. The van der Waals surface area contributed by atoms with E-state index in [0.29, 0.717) is 6.04 Å². The molecule has 0 saturated carbocycles. The van der Waals surface area contributed by atoms with E-state index in [0.717, 1.165) is 26.1 Å². The molecule has 1 saturated heterocycles. The first-order chi connectivity index (χ1) is 9.43. The number of halogens is 1. The zero-order chi connectivity index (χ0) is 12.7. The van der Waals surface area contributed by atoms with Gasteiger partial charge in [-0.1, -0.05) is 42.5 Å². The van der Waals surface area contributed by atoms with E-state index < -0.39 is 0 Å². The molecule has 0 bridgehead atoms. The highest BCUT2D eigenvalue weighted by Gasteiger charge is 2.27. The molecule has 4 rings (SSSR count). The number of fused-ring (bicyclic) bond motifs is 4. The number of piperazine rings is 1. The lowest BCUT2D eigenvalue weighted by atomic mass is 9.96. The van der Waals surface area contributed by atoms with Crippen LogP contribution in [0.2, 0.25) is 0 Å². The van der Waals surface area contributed by atoms with Gasteiger partial charge in [0.05, 0.1) is 6.04 Å². The Labute approximate surface area is 125 Å². The van der Waals surface area contributed by atoms with Gasteiger partial charge in [0.2, 0.25) is 0 Å². The fourth-order valence-electron chi connectivity index (χ4n) is 3.39. The SMILES string of the molecule is C1=CCC2C(=C1)C=c1ccccc1=C1CNCCN12.Cl. The van der Waals surface area contributed by atoms with Crippen LogP contribution in [0.1, 0.15) is 6.42 Å². The number of hydrogen-bond donors (Lipinski definition) is 1. The predicted octanol–water partition coefficient (Wildman–Crippen LogP) is 1.17. The highest BCUT2D eigenvalue weighted by molar-refractivity contribution is 5.85. The van der Waals surface area contributed by atoms with Gasteiger partial charge in [-0.2, -0.15) is 0 Å². The maximum Gasteiger partial charge on any atom is 0.0575 e. The minimum Gasteiger partial charge on any atom is -0.365 e. The van der Waals surface area contributed by atoms with E-state index in [1.54, 1.807) is 0 Å². The first kappa shape index (κ1) is 13.5. The lowest BCUT2D eigenvalue weighted by molar-refractivity contribution is 0.298. The molecule has 104 valence electrons. The topological polar surface area (TPSA) is 15.3 Å².